The van der Waals surface area contributed by atoms with Crippen molar-refractivity contribution in [2.45, 2.75) is 39.3 Å². The molecule has 19 heavy (non-hydrogen) atoms. The van der Waals surface area contributed by atoms with Crippen molar-refractivity contribution < 1.29 is 4.42 Å². The van der Waals surface area contributed by atoms with Gasteiger partial charge in [-0.05, 0) is 19.1 Å². The Morgan fingerprint density at radius 2 is 2.16 bits per heavy atom. The summed E-state index contributed by atoms with van der Waals surface area (Å²) in [5.41, 5.74) is 0. The van der Waals surface area contributed by atoms with Gasteiger partial charge < -0.3 is 8.98 Å². The molecule has 0 N–H and O–H groups in total. The summed E-state index contributed by atoms with van der Waals surface area (Å²) in [6.07, 6.45) is 4.02. The standard InChI is InChI=1S/C15H21N3O/c1-11(2)15-16-6-7-18(15)13-8-17(9-13)10-14-5-4-12(3)19-14/h4-7,11,13H,8-10H2,1-3H3. The Hall–Kier alpha value is -1.55. The Labute approximate surface area is 114 Å². The van der Waals surface area contributed by atoms with E-state index in [-0.39, 0.29) is 0 Å². The van der Waals surface area contributed by atoms with E-state index < -0.39 is 0 Å². The maximum Gasteiger partial charge on any atom is 0.118 e. The van der Waals surface area contributed by atoms with Crippen molar-refractivity contribution in [3.63, 3.8) is 0 Å². The van der Waals surface area contributed by atoms with E-state index in [1.54, 1.807) is 0 Å². The Morgan fingerprint density at radius 3 is 2.79 bits per heavy atom. The Balaban J connectivity index is 1.59. The third kappa shape index (κ3) is 2.45. The van der Waals surface area contributed by atoms with Crippen LogP contribution in [0.2, 0.25) is 0 Å². The van der Waals surface area contributed by atoms with Crippen LogP contribution in [-0.2, 0) is 6.54 Å². The minimum atomic E-state index is 0.483. The molecule has 0 amide bonds. The average Bonchev–Trinajstić information content (AvgIpc) is 2.91. The van der Waals surface area contributed by atoms with Crippen LogP contribution in [-0.4, -0.2) is 27.5 Å². The molecule has 0 spiro atoms. The third-order valence-electron chi connectivity index (χ3n) is 3.72. The minimum absolute atomic E-state index is 0.483. The van der Waals surface area contributed by atoms with Crippen LogP contribution < -0.4 is 0 Å². The van der Waals surface area contributed by atoms with Crippen molar-refractivity contribution in [3.8, 4) is 0 Å². The lowest BCUT2D eigenvalue weighted by Crippen LogP contribution is -2.47. The zero-order valence-electron chi connectivity index (χ0n) is 11.8. The van der Waals surface area contributed by atoms with Gasteiger partial charge in [-0.15, -0.1) is 0 Å². The molecule has 0 bridgehead atoms. The van der Waals surface area contributed by atoms with Gasteiger partial charge in [0.2, 0.25) is 0 Å². The van der Waals surface area contributed by atoms with Gasteiger partial charge in [-0.1, -0.05) is 13.8 Å². The number of furan rings is 1. The lowest BCUT2D eigenvalue weighted by atomic mass is 10.1. The molecule has 4 heteroatoms. The number of aromatic nitrogens is 2. The van der Waals surface area contributed by atoms with E-state index in [9.17, 15) is 0 Å². The van der Waals surface area contributed by atoms with E-state index in [4.69, 9.17) is 4.42 Å². The first kappa shape index (κ1) is 12.5. The fourth-order valence-electron chi connectivity index (χ4n) is 2.72. The molecule has 1 aliphatic heterocycles. The molecule has 0 aromatic carbocycles. The maximum absolute atomic E-state index is 5.62. The van der Waals surface area contributed by atoms with Crippen LogP contribution in [0.1, 0.15) is 43.2 Å². The zero-order valence-corrected chi connectivity index (χ0v) is 11.8. The third-order valence-corrected chi connectivity index (χ3v) is 3.72. The smallest absolute Gasteiger partial charge is 0.118 e. The Morgan fingerprint density at radius 1 is 1.37 bits per heavy atom. The zero-order chi connectivity index (χ0) is 13.4. The van der Waals surface area contributed by atoms with Crippen LogP contribution in [0.15, 0.2) is 28.9 Å². The van der Waals surface area contributed by atoms with Crippen molar-refractivity contribution in [3.05, 3.63) is 41.9 Å². The highest BCUT2D eigenvalue weighted by Crippen LogP contribution is 2.27. The molecule has 1 fully saturated rings. The van der Waals surface area contributed by atoms with E-state index in [0.717, 1.165) is 31.2 Å². The van der Waals surface area contributed by atoms with Gasteiger partial charge in [0.05, 0.1) is 12.6 Å². The molecule has 1 aliphatic rings. The molecule has 2 aromatic rings. The number of rotatable bonds is 4. The summed E-state index contributed by atoms with van der Waals surface area (Å²) in [4.78, 5) is 6.87. The summed E-state index contributed by atoms with van der Waals surface area (Å²) in [5, 5.41) is 0. The van der Waals surface area contributed by atoms with E-state index in [1.165, 1.54) is 5.82 Å². The summed E-state index contributed by atoms with van der Waals surface area (Å²) in [6, 6.07) is 4.66. The average molecular weight is 259 g/mol. The van der Waals surface area contributed by atoms with Gasteiger partial charge in [-0.2, -0.15) is 0 Å². The van der Waals surface area contributed by atoms with Crippen LogP contribution in [0.4, 0.5) is 0 Å². The summed E-state index contributed by atoms with van der Waals surface area (Å²) >= 11 is 0. The van der Waals surface area contributed by atoms with Gasteiger partial charge in [-0.3, -0.25) is 4.90 Å². The quantitative estimate of drug-likeness (QED) is 0.846. The van der Waals surface area contributed by atoms with Gasteiger partial charge in [0.25, 0.3) is 0 Å². The predicted molar refractivity (Wildman–Crippen MR) is 74.1 cm³/mol. The number of likely N-dealkylation sites (tertiary alicyclic amines) is 1. The highest BCUT2D eigenvalue weighted by Gasteiger charge is 2.30. The molecular formula is C15H21N3O. The van der Waals surface area contributed by atoms with Gasteiger partial charge in [0, 0.05) is 31.4 Å². The van der Waals surface area contributed by atoms with E-state index in [1.807, 2.05) is 19.2 Å². The lowest BCUT2D eigenvalue weighted by Gasteiger charge is -2.40. The van der Waals surface area contributed by atoms with Crippen LogP contribution >= 0.6 is 0 Å². The highest BCUT2D eigenvalue weighted by molar-refractivity contribution is 5.07. The largest absolute Gasteiger partial charge is 0.465 e. The van der Waals surface area contributed by atoms with E-state index in [0.29, 0.717) is 12.0 Å². The number of aryl methyl sites for hydroxylation is 1. The van der Waals surface area contributed by atoms with Crippen molar-refractivity contribution in [2.24, 2.45) is 0 Å². The fraction of sp³-hybridized carbons (Fsp3) is 0.533. The van der Waals surface area contributed by atoms with Crippen molar-refractivity contribution in [2.75, 3.05) is 13.1 Å². The van der Waals surface area contributed by atoms with Crippen LogP contribution in [0.5, 0.6) is 0 Å². The summed E-state index contributed by atoms with van der Waals surface area (Å²) in [7, 11) is 0. The topological polar surface area (TPSA) is 34.2 Å². The molecule has 0 radical (unpaired) electrons. The number of nitrogens with zero attached hydrogens (tertiary/aromatic N) is 3. The summed E-state index contributed by atoms with van der Waals surface area (Å²) < 4.78 is 7.94. The molecular weight excluding hydrogens is 238 g/mol. The number of hydrogen-bond acceptors (Lipinski definition) is 3. The van der Waals surface area contributed by atoms with Gasteiger partial charge >= 0.3 is 0 Å². The highest BCUT2D eigenvalue weighted by atomic mass is 16.3. The van der Waals surface area contributed by atoms with Gasteiger partial charge in [0.1, 0.15) is 17.3 Å². The molecule has 3 heterocycles. The second-order valence-corrected chi connectivity index (χ2v) is 5.71. The Bertz CT molecular complexity index is 549. The number of imidazole rings is 1. The van der Waals surface area contributed by atoms with E-state index >= 15 is 0 Å². The first-order valence-corrected chi connectivity index (χ1v) is 6.94. The van der Waals surface area contributed by atoms with Crippen molar-refractivity contribution in [1.29, 1.82) is 0 Å². The van der Waals surface area contributed by atoms with Gasteiger partial charge in [-0.25, -0.2) is 4.98 Å². The molecule has 3 rings (SSSR count). The van der Waals surface area contributed by atoms with Gasteiger partial charge in [0.15, 0.2) is 0 Å². The minimum Gasteiger partial charge on any atom is -0.465 e. The molecule has 2 aromatic heterocycles. The fourth-order valence-corrected chi connectivity index (χ4v) is 2.72. The van der Waals surface area contributed by atoms with Crippen LogP contribution in [0, 0.1) is 6.92 Å². The first-order valence-electron chi connectivity index (χ1n) is 6.94. The molecule has 102 valence electrons. The molecule has 0 atom stereocenters. The monoisotopic (exact) mass is 259 g/mol. The summed E-state index contributed by atoms with van der Waals surface area (Å²) in [6.45, 7) is 9.45. The van der Waals surface area contributed by atoms with Crippen molar-refractivity contribution >= 4 is 0 Å². The first-order chi connectivity index (χ1) is 9.13. The maximum atomic E-state index is 5.62. The Kier molecular flexibility index (Phi) is 3.19. The molecule has 4 nitrogen and oxygen atoms in total. The van der Waals surface area contributed by atoms with Crippen molar-refractivity contribution in [1.82, 2.24) is 14.5 Å². The molecule has 0 saturated carbocycles. The SMILES string of the molecule is Cc1ccc(CN2CC(n3ccnc3C(C)C)C2)o1. The second kappa shape index (κ2) is 4.85. The predicted octanol–water partition coefficient (Wildman–Crippen LogP) is 2.96. The second-order valence-electron chi connectivity index (χ2n) is 5.71. The van der Waals surface area contributed by atoms with Crippen LogP contribution in [0.25, 0.3) is 0 Å². The normalized spacial score (nSPS) is 17.1. The molecule has 0 aliphatic carbocycles. The molecule has 0 unspecified atom stereocenters. The molecule has 1 saturated heterocycles. The lowest BCUT2D eigenvalue weighted by molar-refractivity contribution is 0.0883. The van der Waals surface area contributed by atoms with E-state index in [2.05, 4.69) is 40.6 Å². The van der Waals surface area contributed by atoms with Crippen LogP contribution in [0.3, 0.4) is 0 Å². The summed E-state index contributed by atoms with van der Waals surface area (Å²) in [5.74, 6) is 3.73. The number of hydrogen-bond donors (Lipinski definition) is 0.